The highest BCUT2D eigenvalue weighted by molar-refractivity contribution is 5.88. The zero-order chi connectivity index (χ0) is 15.7. The van der Waals surface area contributed by atoms with Crippen molar-refractivity contribution >= 4 is 11.8 Å². The van der Waals surface area contributed by atoms with Crippen molar-refractivity contribution < 1.29 is 9.53 Å². The molecular weight excluding hydrogens is 284 g/mol. The number of aromatic nitrogens is 2. The molecule has 2 heterocycles. The lowest BCUT2D eigenvalue weighted by Gasteiger charge is -2.17. The van der Waals surface area contributed by atoms with Crippen LogP contribution in [-0.4, -0.2) is 21.7 Å². The average molecular weight is 300 g/mol. The summed E-state index contributed by atoms with van der Waals surface area (Å²) in [6.45, 7) is 1.88. The van der Waals surface area contributed by atoms with Gasteiger partial charge in [0.2, 0.25) is 5.82 Å². The van der Waals surface area contributed by atoms with Gasteiger partial charge < -0.3 is 14.6 Å². The van der Waals surface area contributed by atoms with Crippen LogP contribution < -0.4 is 20.9 Å². The van der Waals surface area contributed by atoms with Gasteiger partial charge in [0.15, 0.2) is 0 Å². The summed E-state index contributed by atoms with van der Waals surface area (Å²) in [6.07, 6.45) is 2.79. The number of amides is 2. The number of carbonyl (C=O) groups excluding carboxylic acids is 1. The molecule has 2 aromatic rings. The minimum absolute atomic E-state index is 0.0117. The Kier molecular flexibility index (Phi) is 3.54. The van der Waals surface area contributed by atoms with E-state index in [1.54, 1.807) is 7.05 Å². The SMILES string of the molecule is C[C@H]1Oc2ccccc2[C@H]1NC(=O)Nc1nccn(C)c1=O. The van der Waals surface area contributed by atoms with Gasteiger partial charge in [0, 0.05) is 25.0 Å². The zero-order valence-electron chi connectivity index (χ0n) is 12.2. The van der Waals surface area contributed by atoms with Crippen LogP contribution in [0.3, 0.4) is 0 Å². The third-order valence-corrected chi connectivity index (χ3v) is 3.57. The van der Waals surface area contributed by atoms with Crippen molar-refractivity contribution in [1.29, 1.82) is 0 Å². The van der Waals surface area contributed by atoms with E-state index in [1.807, 2.05) is 31.2 Å². The van der Waals surface area contributed by atoms with Gasteiger partial charge in [-0.05, 0) is 13.0 Å². The fraction of sp³-hybridized carbons (Fsp3) is 0.267. The molecule has 1 aromatic heterocycles. The van der Waals surface area contributed by atoms with Crippen LogP contribution in [0.15, 0.2) is 41.5 Å². The quantitative estimate of drug-likeness (QED) is 0.878. The molecule has 0 unspecified atom stereocenters. The highest BCUT2D eigenvalue weighted by Gasteiger charge is 2.32. The van der Waals surface area contributed by atoms with E-state index in [1.165, 1.54) is 17.0 Å². The van der Waals surface area contributed by atoms with Gasteiger partial charge in [-0.15, -0.1) is 0 Å². The lowest BCUT2D eigenvalue weighted by Crippen LogP contribution is -2.38. The fourth-order valence-electron chi connectivity index (χ4n) is 2.43. The number of carbonyl (C=O) groups is 1. The summed E-state index contributed by atoms with van der Waals surface area (Å²) in [4.78, 5) is 27.8. The minimum Gasteiger partial charge on any atom is -0.488 e. The van der Waals surface area contributed by atoms with Crippen LogP contribution in [0, 0.1) is 0 Å². The molecule has 3 rings (SSSR count). The molecule has 0 bridgehead atoms. The summed E-state index contributed by atoms with van der Waals surface area (Å²) < 4.78 is 7.04. The van der Waals surface area contributed by atoms with E-state index in [9.17, 15) is 9.59 Å². The maximum absolute atomic E-state index is 12.1. The summed E-state index contributed by atoms with van der Waals surface area (Å²) in [5.41, 5.74) is 0.549. The van der Waals surface area contributed by atoms with Crippen molar-refractivity contribution in [2.45, 2.75) is 19.1 Å². The fourth-order valence-corrected chi connectivity index (χ4v) is 2.43. The molecule has 0 radical (unpaired) electrons. The first-order valence-corrected chi connectivity index (χ1v) is 6.91. The minimum atomic E-state index is -0.493. The molecule has 1 aliphatic rings. The maximum Gasteiger partial charge on any atom is 0.321 e. The number of hydrogen-bond acceptors (Lipinski definition) is 4. The molecule has 1 aliphatic heterocycles. The molecular formula is C15H16N4O3. The van der Waals surface area contributed by atoms with Crippen molar-refractivity contribution in [3.05, 3.63) is 52.6 Å². The number of nitrogens with zero attached hydrogens (tertiary/aromatic N) is 2. The molecule has 0 saturated carbocycles. The topological polar surface area (TPSA) is 85.2 Å². The lowest BCUT2D eigenvalue weighted by molar-refractivity contribution is 0.204. The van der Waals surface area contributed by atoms with Gasteiger partial charge in [0.05, 0.1) is 6.04 Å². The Morgan fingerprint density at radius 3 is 2.95 bits per heavy atom. The molecule has 2 N–H and O–H groups in total. The van der Waals surface area contributed by atoms with Crippen molar-refractivity contribution in [1.82, 2.24) is 14.9 Å². The predicted octanol–water partition coefficient (Wildman–Crippen LogP) is 1.42. The Hall–Kier alpha value is -2.83. The van der Waals surface area contributed by atoms with Crippen molar-refractivity contribution in [2.75, 3.05) is 5.32 Å². The Morgan fingerprint density at radius 2 is 2.14 bits per heavy atom. The van der Waals surface area contributed by atoms with E-state index in [0.29, 0.717) is 0 Å². The van der Waals surface area contributed by atoms with Crippen LogP contribution in [0.4, 0.5) is 10.6 Å². The maximum atomic E-state index is 12.1. The molecule has 0 spiro atoms. The Labute approximate surface area is 126 Å². The lowest BCUT2D eigenvalue weighted by atomic mass is 10.1. The second-order valence-corrected chi connectivity index (χ2v) is 5.13. The van der Waals surface area contributed by atoms with E-state index in [2.05, 4.69) is 15.6 Å². The van der Waals surface area contributed by atoms with E-state index >= 15 is 0 Å². The average Bonchev–Trinajstić information content (AvgIpc) is 2.80. The van der Waals surface area contributed by atoms with Crippen LogP contribution in [0.2, 0.25) is 0 Å². The third kappa shape index (κ3) is 2.52. The largest absolute Gasteiger partial charge is 0.488 e. The molecule has 0 fully saturated rings. The number of rotatable bonds is 2. The highest BCUT2D eigenvalue weighted by Crippen LogP contribution is 2.35. The van der Waals surface area contributed by atoms with Gasteiger partial charge in [-0.2, -0.15) is 0 Å². The number of anilines is 1. The van der Waals surface area contributed by atoms with Crippen LogP contribution in [0.25, 0.3) is 0 Å². The summed E-state index contributed by atoms with van der Waals surface area (Å²) in [5.74, 6) is 0.747. The molecule has 7 nitrogen and oxygen atoms in total. The molecule has 7 heteroatoms. The third-order valence-electron chi connectivity index (χ3n) is 3.57. The van der Waals surface area contributed by atoms with Gasteiger partial charge in [-0.3, -0.25) is 10.1 Å². The summed E-state index contributed by atoms with van der Waals surface area (Å²) >= 11 is 0. The van der Waals surface area contributed by atoms with Crippen LogP contribution in [0.1, 0.15) is 18.5 Å². The second-order valence-electron chi connectivity index (χ2n) is 5.13. The van der Waals surface area contributed by atoms with Gasteiger partial charge in [0.25, 0.3) is 5.56 Å². The van der Waals surface area contributed by atoms with Gasteiger partial charge in [-0.25, -0.2) is 9.78 Å². The summed E-state index contributed by atoms with van der Waals surface area (Å²) in [5, 5.41) is 5.30. The number of fused-ring (bicyclic) bond motifs is 1. The Balaban J connectivity index is 1.75. The molecule has 1 aromatic carbocycles. The Bertz CT molecular complexity index is 771. The van der Waals surface area contributed by atoms with E-state index in [4.69, 9.17) is 4.74 Å². The molecule has 114 valence electrons. The monoisotopic (exact) mass is 300 g/mol. The first-order valence-electron chi connectivity index (χ1n) is 6.91. The van der Waals surface area contributed by atoms with Crippen LogP contribution in [-0.2, 0) is 7.05 Å². The summed E-state index contributed by atoms with van der Waals surface area (Å²) in [6, 6.07) is 6.77. The smallest absolute Gasteiger partial charge is 0.321 e. The second kappa shape index (κ2) is 5.51. The molecule has 22 heavy (non-hydrogen) atoms. The molecule has 0 aliphatic carbocycles. The number of aryl methyl sites for hydroxylation is 1. The number of hydrogen-bond donors (Lipinski definition) is 2. The van der Waals surface area contributed by atoms with Crippen LogP contribution in [0.5, 0.6) is 5.75 Å². The number of benzene rings is 1. The number of para-hydroxylation sites is 1. The van der Waals surface area contributed by atoms with E-state index < -0.39 is 6.03 Å². The number of urea groups is 1. The Morgan fingerprint density at radius 1 is 1.36 bits per heavy atom. The van der Waals surface area contributed by atoms with Gasteiger partial charge in [-0.1, -0.05) is 18.2 Å². The highest BCUT2D eigenvalue weighted by atomic mass is 16.5. The van der Waals surface area contributed by atoms with Gasteiger partial charge in [0.1, 0.15) is 11.9 Å². The first kappa shape index (κ1) is 14.1. The number of ether oxygens (including phenoxy) is 1. The van der Waals surface area contributed by atoms with E-state index in [0.717, 1.165) is 11.3 Å². The van der Waals surface area contributed by atoms with Crippen molar-refractivity contribution in [2.24, 2.45) is 7.05 Å². The predicted molar refractivity (Wildman–Crippen MR) is 80.9 cm³/mol. The van der Waals surface area contributed by atoms with Crippen molar-refractivity contribution in [3.63, 3.8) is 0 Å². The van der Waals surface area contributed by atoms with Crippen molar-refractivity contribution in [3.8, 4) is 5.75 Å². The van der Waals surface area contributed by atoms with Gasteiger partial charge >= 0.3 is 6.03 Å². The molecule has 2 atom stereocenters. The number of nitrogens with one attached hydrogen (secondary N) is 2. The van der Waals surface area contributed by atoms with E-state index in [-0.39, 0.29) is 23.5 Å². The zero-order valence-corrected chi connectivity index (χ0v) is 12.2. The summed E-state index contributed by atoms with van der Waals surface area (Å²) in [7, 11) is 1.59. The normalized spacial score (nSPS) is 19.2. The molecule has 0 saturated heterocycles. The van der Waals surface area contributed by atoms with Crippen LogP contribution >= 0.6 is 0 Å². The standard InChI is InChI=1S/C15H16N4O3/c1-9-12(10-5-3-4-6-11(10)22-9)17-15(21)18-13-14(20)19(2)8-7-16-13/h3-9,12H,1-2H3,(H2,16,17,18,21)/t9-,12+/m1/s1. The molecule has 2 amide bonds. The first-order chi connectivity index (χ1) is 10.6.